The summed E-state index contributed by atoms with van der Waals surface area (Å²) in [7, 11) is 0. The number of rotatable bonds is 4. The van der Waals surface area contributed by atoms with E-state index in [1.807, 2.05) is 38.1 Å². The minimum atomic E-state index is -0.804. The second kappa shape index (κ2) is 8.48. The normalized spacial score (nSPS) is 15.4. The molecule has 0 atom stereocenters. The van der Waals surface area contributed by atoms with Gasteiger partial charge in [-0.15, -0.1) is 0 Å². The molecule has 0 spiro atoms. The topological polar surface area (TPSA) is 71.4 Å². The van der Waals surface area contributed by atoms with E-state index in [0.29, 0.717) is 10.7 Å². The number of urea groups is 1. The van der Waals surface area contributed by atoms with Crippen molar-refractivity contribution in [3.8, 4) is 5.69 Å². The van der Waals surface area contributed by atoms with Crippen molar-refractivity contribution in [2.75, 3.05) is 4.90 Å². The fourth-order valence-corrected chi connectivity index (χ4v) is 4.18. The molecule has 2 aromatic carbocycles. The first-order valence-corrected chi connectivity index (χ1v) is 10.6. The van der Waals surface area contributed by atoms with Gasteiger partial charge in [-0.25, -0.2) is 9.69 Å². The summed E-state index contributed by atoms with van der Waals surface area (Å²) >= 11 is 6.02. The molecule has 1 fully saturated rings. The van der Waals surface area contributed by atoms with Crippen molar-refractivity contribution < 1.29 is 14.4 Å². The van der Waals surface area contributed by atoms with Gasteiger partial charge in [0.25, 0.3) is 11.8 Å². The molecule has 0 unspecified atom stereocenters. The van der Waals surface area contributed by atoms with E-state index in [1.165, 1.54) is 17.7 Å². The highest BCUT2D eigenvalue weighted by Crippen LogP contribution is 2.28. The summed E-state index contributed by atoms with van der Waals surface area (Å²) in [6.45, 7) is 6.02. The highest BCUT2D eigenvalue weighted by Gasteiger charge is 2.37. The standard InChI is InChI=1S/C25H22ClN3O3/c1-4-17-8-5-6-11-22(17)28-15(2)12-18(16(28)3)13-21-23(30)27-25(32)29(24(21)31)20-10-7-9-19(26)14-20/h5-14H,4H2,1-3H3,(H,27,30,32)/b21-13+. The number of aryl methyl sites for hydroxylation is 2. The highest BCUT2D eigenvalue weighted by atomic mass is 35.5. The summed E-state index contributed by atoms with van der Waals surface area (Å²) < 4.78 is 2.11. The SMILES string of the molecule is CCc1ccccc1-n1c(C)cc(/C=C2\C(=O)NC(=O)N(c3cccc(Cl)c3)C2=O)c1C. The lowest BCUT2D eigenvalue weighted by Gasteiger charge is -2.26. The molecule has 2 heterocycles. The number of hydrogen-bond donors (Lipinski definition) is 1. The number of amides is 4. The number of para-hydroxylation sites is 1. The minimum Gasteiger partial charge on any atom is -0.318 e. The molecule has 1 aliphatic heterocycles. The molecule has 1 aromatic heterocycles. The van der Waals surface area contributed by atoms with Crippen LogP contribution >= 0.6 is 11.6 Å². The van der Waals surface area contributed by atoms with Crippen LogP contribution in [0.25, 0.3) is 11.8 Å². The van der Waals surface area contributed by atoms with E-state index >= 15 is 0 Å². The van der Waals surface area contributed by atoms with Gasteiger partial charge in [0, 0.05) is 22.1 Å². The van der Waals surface area contributed by atoms with E-state index in [9.17, 15) is 14.4 Å². The van der Waals surface area contributed by atoms with Crippen LogP contribution in [0.5, 0.6) is 0 Å². The van der Waals surface area contributed by atoms with Crippen LogP contribution in [0.2, 0.25) is 5.02 Å². The molecule has 1 N–H and O–H groups in total. The zero-order valence-electron chi connectivity index (χ0n) is 18.0. The number of aromatic nitrogens is 1. The van der Waals surface area contributed by atoms with Crippen molar-refractivity contribution in [2.45, 2.75) is 27.2 Å². The Balaban J connectivity index is 1.79. The van der Waals surface area contributed by atoms with Gasteiger partial charge in [0.2, 0.25) is 0 Å². The Morgan fingerprint density at radius 1 is 1.00 bits per heavy atom. The van der Waals surface area contributed by atoms with Crippen molar-refractivity contribution >= 4 is 41.2 Å². The van der Waals surface area contributed by atoms with E-state index in [2.05, 4.69) is 22.9 Å². The lowest BCUT2D eigenvalue weighted by molar-refractivity contribution is -0.122. The van der Waals surface area contributed by atoms with Crippen molar-refractivity contribution in [3.63, 3.8) is 0 Å². The average Bonchev–Trinajstić information content (AvgIpc) is 3.03. The molecule has 1 aliphatic rings. The van der Waals surface area contributed by atoms with Gasteiger partial charge in [0.1, 0.15) is 5.57 Å². The van der Waals surface area contributed by atoms with Crippen LogP contribution in [0.3, 0.4) is 0 Å². The smallest absolute Gasteiger partial charge is 0.318 e. The number of halogens is 1. The van der Waals surface area contributed by atoms with Gasteiger partial charge in [0.15, 0.2) is 0 Å². The molecular formula is C25H22ClN3O3. The van der Waals surface area contributed by atoms with Crippen LogP contribution < -0.4 is 10.2 Å². The Bertz CT molecular complexity index is 1290. The number of imide groups is 2. The van der Waals surface area contributed by atoms with Gasteiger partial charge in [0.05, 0.1) is 5.69 Å². The highest BCUT2D eigenvalue weighted by molar-refractivity contribution is 6.39. The summed E-state index contributed by atoms with van der Waals surface area (Å²) in [5.74, 6) is -1.42. The van der Waals surface area contributed by atoms with Crippen LogP contribution in [-0.4, -0.2) is 22.4 Å². The van der Waals surface area contributed by atoms with Gasteiger partial charge in [-0.1, -0.05) is 42.8 Å². The van der Waals surface area contributed by atoms with Crippen LogP contribution in [-0.2, 0) is 16.0 Å². The molecule has 162 valence electrons. The first kappa shape index (κ1) is 21.6. The first-order valence-electron chi connectivity index (χ1n) is 10.3. The third-order valence-electron chi connectivity index (χ3n) is 5.55. The van der Waals surface area contributed by atoms with Gasteiger partial charge in [-0.05, 0) is 67.8 Å². The zero-order valence-corrected chi connectivity index (χ0v) is 18.7. The van der Waals surface area contributed by atoms with Crippen LogP contribution in [0.4, 0.5) is 10.5 Å². The zero-order chi connectivity index (χ0) is 23.0. The van der Waals surface area contributed by atoms with Crippen LogP contribution in [0.1, 0.15) is 29.4 Å². The van der Waals surface area contributed by atoms with Gasteiger partial charge in [-0.2, -0.15) is 0 Å². The van der Waals surface area contributed by atoms with Gasteiger partial charge >= 0.3 is 6.03 Å². The number of carbonyl (C=O) groups excluding carboxylic acids is 3. The molecule has 0 saturated carbocycles. The average molecular weight is 448 g/mol. The predicted octanol–water partition coefficient (Wildman–Crippen LogP) is 4.98. The minimum absolute atomic E-state index is 0.117. The summed E-state index contributed by atoms with van der Waals surface area (Å²) in [6.07, 6.45) is 2.41. The molecule has 6 nitrogen and oxygen atoms in total. The lowest BCUT2D eigenvalue weighted by Crippen LogP contribution is -2.54. The van der Waals surface area contributed by atoms with E-state index in [1.54, 1.807) is 18.2 Å². The maximum atomic E-state index is 13.2. The van der Waals surface area contributed by atoms with Crippen LogP contribution in [0.15, 0.2) is 60.2 Å². The number of benzene rings is 2. The molecule has 4 rings (SSSR count). The Morgan fingerprint density at radius 3 is 2.47 bits per heavy atom. The molecule has 0 aliphatic carbocycles. The quantitative estimate of drug-likeness (QED) is 0.453. The Labute approximate surface area is 191 Å². The molecule has 0 bridgehead atoms. The Hall–Kier alpha value is -3.64. The number of carbonyl (C=O) groups is 3. The van der Waals surface area contributed by atoms with Crippen molar-refractivity contribution in [1.82, 2.24) is 9.88 Å². The fourth-order valence-electron chi connectivity index (χ4n) is 4.00. The van der Waals surface area contributed by atoms with E-state index < -0.39 is 17.8 Å². The van der Waals surface area contributed by atoms with Gasteiger partial charge in [-0.3, -0.25) is 14.9 Å². The molecule has 32 heavy (non-hydrogen) atoms. The molecule has 7 heteroatoms. The molecule has 0 radical (unpaired) electrons. The van der Waals surface area contributed by atoms with E-state index in [0.717, 1.165) is 34.0 Å². The third-order valence-corrected chi connectivity index (χ3v) is 5.79. The third kappa shape index (κ3) is 3.74. The largest absolute Gasteiger partial charge is 0.335 e. The maximum absolute atomic E-state index is 13.2. The van der Waals surface area contributed by atoms with Crippen LogP contribution in [0, 0.1) is 13.8 Å². The number of hydrogen-bond acceptors (Lipinski definition) is 3. The summed E-state index contributed by atoms with van der Waals surface area (Å²) in [5, 5.41) is 2.63. The Morgan fingerprint density at radius 2 is 1.75 bits per heavy atom. The molecule has 1 saturated heterocycles. The Kier molecular flexibility index (Phi) is 5.72. The van der Waals surface area contributed by atoms with E-state index in [4.69, 9.17) is 11.6 Å². The second-order valence-electron chi connectivity index (χ2n) is 7.58. The number of nitrogens with one attached hydrogen (secondary N) is 1. The van der Waals surface area contributed by atoms with E-state index in [-0.39, 0.29) is 5.57 Å². The van der Waals surface area contributed by atoms with Crippen molar-refractivity contribution in [3.05, 3.63) is 87.7 Å². The lowest BCUT2D eigenvalue weighted by atomic mass is 10.1. The number of nitrogens with zero attached hydrogens (tertiary/aromatic N) is 2. The van der Waals surface area contributed by atoms with Crippen molar-refractivity contribution in [1.29, 1.82) is 0 Å². The fraction of sp³-hybridized carbons (Fsp3) is 0.160. The summed E-state index contributed by atoms with van der Waals surface area (Å²) in [5.41, 5.74) is 5.02. The van der Waals surface area contributed by atoms with Crippen molar-refractivity contribution in [2.24, 2.45) is 0 Å². The summed E-state index contributed by atoms with van der Waals surface area (Å²) in [4.78, 5) is 39.0. The summed E-state index contributed by atoms with van der Waals surface area (Å²) in [6, 6.07) is 15.6. The second-order valence-corrected chi connectivity index (χ2v) is 8.02. The molecule has 3 aromatic rings. The molecule has 4 amide bonds. The maximum Gasteiger partial charge on any atom is 0.335 e. The first-order chi connectivity index (χ1) is 15.3. The number of anilines is 1. The molecular weight excluding hydrogens is 426 g/mol. The monoisotopic (exact) mass is 447 g/mol. The number of barbiturate groups is 1. The predicted molar refractivity (Wildman–Crippen MR) is 125 cm³/mol. The van der Waals surface area contributed by atoms with Gasteiger partial charge < -0.3 is 4.57 Å².